The number of nitrogens with zero attached hydrogens (tertiary/aromatic N) is 1. The first kappa shape index (κ1) is 19.0. The molecule has 7 heteroatoms. The summed E-state index contributed by atoms with van der Waals surface area (Å²) < 4.78 is 15.2. The second-order valence-corrected chi connectivity index (χ2v) is 5.06. The molecule has 0 heterocycles. The van der Waals surface area contributed by atoms with E-state index in [-0.39, 0.29) is 12.5 Å². The number of hydrogen-bond acceptors (Lipinski definition) is 6. The van der Waals surface area contributed by atoms with Crippen LogP contribution in [0.2, 0.25) is 0 Å². The molecule has 0 atom stereocenters. The first-order chi connectivity index (χ1) is 12.6. The predicted molar refractivity (Wildman–Crippen MR) is 96.6 cm³/mol. The van der Waals surface area contributed by atoms with Crippen LogP contribution in [0.1, 0.15) is 22.8 Å². The second-order valence-electron chi connectivity index (χ2n) is 5.06. The lowest BCUT2D eigenvalue weighted by molar-refractivity contribution is -0.145. The molecule has 0 unspecified atom stereocenters. The summed E-state index contributed by atoms with van der Waals surface area (Å²) in [4.78, 5) is 23.3. The summed E-state index contributed by atoms with van der Waals surface area (Å²) in [6, 6.07) is 13.8. The van der Waals surface area contributed by atoms with E-state index in [1.165, 1.54) is 13.3 Å². The molecule has 0 fully saturated rings. The van der Waals surface area contributed by atoms with Gasteiger partial charge < -0.3 is 14.2 Å². The van der Waals surface area contributed by atoms with Crippen molar-refractivity contribution in [1.29, 1.82) is 0 Å². The van der Waals surface area contributed by atoms with E-state index in [0.29, 0.717) is 23.7 Å². The third-order valence-electron chi connectivity index (χ3n) is 3.27. The van der Waals surface area contributed by atoms with Gasteiger partial charge in [-0.3, -0.25) is 4.79 Å². The Bertz CT molecular complexity index is 772. The fourth-order valence-corrected chi connectivity index (χ4v) is 2.05. The van der Waals surface area contributed by atoms with Gasteiger partial charge in [-0.15, -0.1) is 0 Å². The lowest BCUT2D eigenvalue weighted by Gasteiger charge is -2.06. The van der Waals surface area contributed by atoms with E-state index >= 15 is 0 Å². The summed E-state index contributed by atoms with van der Waals surface area (Å²) >= 11 is 0. The topological polar surface area (TPSA) is 86.2 Å². The van der Waals surface area contributed by atoms with Crippen molar-refractivity contribution in [3.05, 3.63) is 59.7 Å². The smallest absolute Gasteiger partial charge is 0.344 e. The zero-order chi connectivity index (χ0) is 18.8. The van der Waals surface area contributed by atoms with Crippen molar-refractivity contribution in [3.63, 3.8) is 0 Å². The highest BCUT2D eigenvalue weighted by atomic mass is 16.6. The van der Waals surface area contributed by atoms with Crippen LogP contribution in [-0.4, -0.2) is 38.4 Å². The maximum atomic E-state index is 12.1. The van der Waals surface area contributed by atoms with E-state index in [1.807, 2.05) is 0 Å². The minimum atomic E-state index is -0.419. The SMILES string of the molecule is CCOC(=O)COc1ccc(/C=N\NC(=O)c2ccccc2OC)cc1. The van der Waals surface area contributed by atoms with Crippen LogP contribution in [0, 0.1) is 0 Å². The van der Waals surface area contributed by atoms with Gasteiger partial charge in [0.25, 0.3) is 5.91 Å². The van der Waals surface area contributed by atoms with E-state index in [9.17, 15) is 9.59 Å². The monoisotopic (exact) mass is 356 g/mol. The van der Waals surface area contributed by atoms with Crippen molar-refractivity contribution in [2.75, 3.05) is 20.3 Å². The van der Waals surface area contributed by atoms with E-state index in [2.05, 4.69) is 10.5 Å². The number of para-hydroxylation sites is 1. The standard InChI is InChI=1S/C19H20N2O5/c1-3-25-18(22)13-26-15-10-8-14(9-11-15)12-20-21-19(23)16-6-4-5-7-17(16)24-2/h4-12H,3,13H2,1-2H3,(H,21,23)/b20-12-. The van der Waals surface area contributed by atoms with E-state index < -0.39 is 5.97 Å². The van der Waals surface area contributed by atoms with Gasteiger partial charge in [0.05, 0.1) is 25.5 Å². The Hall–Kier alpha value is -3.35. The van der Waals surface area contributed by atoms with E-state index in [0.717, 1.165) is 5.56 Å². The number of methoxy groups -OCH3 is 1. The van der Waals surface area contributed by atoms with Crippen molar-refractivity contribution in [1.82, 2.24) is 5.43 Å². The average Bonchev–Trinajstić information content (AvgIpc) is 2.67. The highest BCUT2D eigenvalue weighted by Gasteiger charge is 2.10. The van der Waals surface area contributed by atoms with Gasteiger partial charge in [-0.25, -0.2) is 10.2 Å². The number of amides is 1. The van der Waals surface area contributed by atoms with Crippen LogP contribution in [0.3, 0.4) is 0 Å². The van der Waals surface area contributed by atoms with Crippen LogP contribution in [0.15, 0.2) is 53.6 Å². The fraction of sp³-hybridized carbons (Fsp3) is 0.211. The van der Waals surface area contributed by atoms with Crippen LogP contribution in [-0.2, 0) is 9.53 Å². The minimum absolute atomic E-state index is 0.143. The largest absolute Gasteiger partial charge is 0.496 e. The summed E-state index contributed by atoms with van der Waals surface area (Å²) in [6.45, 7) is 1.91. The Labute approximate surface area is 151 Å². The van der Waals surface area contributed by atoms with E-state index in [1.54, 1.807) is 55.5 Å². The molecule has 1 amide bonds. The van der Waals surface area contributed by atoms with Crippen molar-refractivity contribution in [2.24, 2.45) is 5.10 Å². The zero-order valence-corrected chi connectivity index (χ0v) is 14.6. The molecular formula is C19H20N2O5. The minimum Gasteiger partial charge on any atom is -0.496 e. The van der Waals surface area contributed by atoms with Gasteiger partial charge in [-0.2, -0.15) is 5.10 Å². The second kappa shape index (κ2) is 9.83. The summed E-state index contributed by atoms with van der Waals surface area (Å²) in [7, 11) is 1.50. The lowest BCUT2D eigenvalue weighted by Crippen LogP contribution is -2.18. The number of rotatable bonds is 8. The molecule has 2 aromatic rings. The number of ether oxygens (including phenoxy) is 3. The number of esters is 1. The lowest BCUT2D eigenvalue weighted by atomic mass is 10.2. The van der Waals surface area contributed by atoms with E-state index in [4.69, 9.17) is 14.2 Å². The molecule has 0 saturated carbocycles. The Morgan fingerprint density at radius 3 is 2.54 bits per heavy atom. The molecule has 0 bridgehead atoms. The number of carbonyl (C=O) groups excluding carboxylic acids is 2. The summed E-state index contributed by atoms with van der Waals surface area (Å²) in [5, 5.41) is 3.93. The zero-order valence-electron chi connectivity index (χ0n) is 14.6. The van der Waals surface area contributed by atoms with Gasteiger partial charge in [-0.1, -0.05) is 12.1 Å². The Kier molecular flexibility index (Phi) is 7.17. The first-order valence-electron chi connectivity index (χ1n) is 7.99. The number of benzene rings is 2. The number of hydrogen-bond donors (Lipinski definition) is 1. The fourth-order valence-electron chi connectivity index (χ4n) is 2.05. The summed E-state index contributed by atoms with van der Waals surface area (Å²) in [6.07, 6.45) is 1.50. The molecule has 1 N–H and O–H groups in total. The van der Waals surface area contributed by atoms with Crippen LogP contribution in [0.5, 0.6) is 11.5 Å². The summed E-state index contributed by atoms with van der Waals surface area (Å²) in [5.74, 6) is 0.224. The number of hydrazone groups is 1. The van der Waals surface area contributed by atoms with Gasteiger partial charge in [0.2, 0.25) is 0 Å². The van der Waals surface area contributed by atoms with Gasteiger partial charge in [0.1, 0.15) is 11.5 Å². The van der Waals surface area contributed by atoms with Crippen molar-refractivity contribution in [2.45, 2.75) is 6.92 Å². The molecule has 0 aliphatic heterocycles. The quantitative estimate of drug-likeness (QED) is 0.446. The molecule has 7 nitrogen and oxygen atoms in total. The highest BCUT2D eigenvalue weighted by molar-refractivity contribution is 5.97. The first-order valence-corrected chi connectivity index (χ1v) is 7.99. The molecule has 0 aliphatic rings. The molecular weight excluding hydrogens is 336 g/mol. The molecule has 0 saturated heterocycles. The van der Waals surface area contributed by atoms with Crippen molar-refractivity contribution in [3.8, 4) is 11.5 Å². The highest BCUT2D eigenvalue weighted by Crippen LogP contribution is 2.16. The third-order valence-corrected chi connectivity index (χ3v) is 3.27. The normalized spacial score (nSPS) is 10.4. The number of carbonyl (C=O) groups is 2. The van der Waals surface area contributed by atoms with Crippen molar-refractivity contribution >= 4 is 18.1 Å². The van der Waals surface area contributed by atoms with Gasteiger partial charge in [0, 0.05) is 0 Å². The number of nitrogens with one attached hydrogen (secondary N) is 1. The molecule has 0 radical (unpaired) electrons. The molecule has 2 aromatic carbocycles. The Balaban J connectivity index is 1.88. The maximum Gasteiger partial charge on any atom is 0.344 e. The molecule has 2 rings (SSSR count). The van der Waals surface area contributed by atoms with Gasteiger partial charge in [-0.05, 0) is 48.9 Å². The van der Waals surface area contributed by atoms with Crippen LogP contribution in [0.25, 0.3) is 0 Å². The van der Waals surface area contributed by atoms with Crippen LogP contribution in [0.4, 0.5) is 0 Å². The summed E-state index contributed by atoms with van der Waals surface area (Å²) in [5.41, 5.74) is 3.61. The predicted octanol–water partition coefficient (Wildman–Crippen LogP) is 2.40. The Morgan fingerprint density at radius 1 is 1.12 bits per heavy atom. The molecule has 0 aromatic heterocycles. The van der Waals surface area contributed by atoms with Gasteiger partial charge in [0.15, 0.2) is 6.61 Å². The molecule has 26 heavy (non-hydrogen) atoms. The molecule has 0 aliphatic carbocycles. The van der Waals surface area contributed by atoms with Crippen LogP contribution >= 0.6 is 0 Å². The third kappa shape index (κ3) is 5.62. The molecule has 136 valence electrons. The Morgan fingerprint density at radius 2 is 1.85 bits per heavy atom. The molecule has 0 spiro atoms. The van der Waals surface area contributed by atoms with Crippen LogP contribution < -0.4 is 14.9 Å². The van der Waals surface area contributed by atoms with Gasteiger partial charge >= 0.3 is 5.97 Å². The maximum absolute atomic E-state index is 12.1. The average molecular weight is 356 g/mol. The van der Waals surface area contributed by atoms with Crippen molar-refractivity contribution < 1.29 is 23.8 Å².